The van der Waals surface area contributed by atoms with Gasteiger partial charge < -0.3 is 5.11 Å². The van der Waals surface area contributed by atoms with Gasteiger partial charge in [-0.1, -0.05) is 13.8 Å². The van der Waals surface area contributed by atoms with E-state index in [1.165, 1.54) is 0 Å². The van der Waals surface area contributed by atoms with Crippen molar-refractivity contribution in [3.8, 4) is 0 Å². The van der Waals surface area contributed by atoms with Crippen molar-refractivity contribution in [2.24, 2.45) is 11.8 Å². The smallest absolute Gasteiger partial charge is 0.163 e. The van der Waals surface area contributed by atoms with E-state index in [1.54, 1.807) is 18.2 Å². The summed E-state index contributed by atoms with van der Waals surface area (Å²) < 4.78 is 4.68. The molecule has 1 aliphatic rings. The predicted molar refractivity (Wildman–Crippen MR) is 91.7 cm³/mol. The summed E-state index contributed by atoms with van der Waals surface area (Å²) in [5, 5.41) is 17.9. The second-order valence-electron chi connectivity index (χ2n) is 7.46. The zero-order valence-corrected chi connectivity index (χ0v) is 14.5. The lowest BCUT2D eigenvalue weighted by molar-refractivity contribution is -0.0150. The number of nitrogens with zero attached hydrogens (tertiary/aromatic N) is 2. The van der Waals surface area contributed by atoms with E-state index in [0.29, 0.717) is 34.9 Å². The van der Waals surface area contributed by atoms with Crippen LogP contribution in [0.3, 0.4) is 0 Å². The Kier molecular flexibility index (Phi) is 4.99. The molecule has 1 aliphatic carbocycles. The van der Waals surface area contributed by atoms with Gasteiger partial charge in [-0.25, -0.2) is 4.63 Å². The first kappa shape index (κ1) is 17.1. The summed E-state index contributed by atoms with van der Waals surface area (Å²) in [5.74, 6) is 1.12. The molecule has 1 aromatic carbocycles. The van der Waals surface area contributed by atoms with Gasteiger partial charge in [0.1, 0.15) is 11.0 Å². The Labute approximate surface area is 142 Å². The van der Waals surface area contributed by atoms with Crippen molar-refractivity contribution >= 4 is 16.8 Å². The third-order valence-corrected chi connectivity index (χ3v) is 5.54. The summed E-state index contributed by atoms with van der Waals surface area (Å²) >= 11 is 0. The zero-order valence-electron chi connectivity index (χ0n) is 14.5. The lowest BCUT2D eigenvalue weighted by Gasteiger charge is -2.36. The number of rotatable bonds is 6. The van der Waals surface area contributed by atoms with E-state index in [-0.39, 0.29) is 5.78 Å². The number of hydrogen-bond donors (Lipinski definition) is 1. The maximum atomic E-state index is 12.5. The van der Waals surface area contributed by atoms with E-state index in [9.17, 15) is 9.90 Å². The lowest BCUT2D eigenvalue weighted by Crippen LogP contribution is -2.33. The number of aromatic nitrogens is 2. The fourth-order valence-electron chi connectivity index (χ4n) is 3.85. The molecule has 1 unspecified atom stereocenters. The summed E-state index contributed by atoms with van der Waals surface area (Å²) in [5.41, 5.74) is 1.52. The van der Waals surface area contributed by atoms with Crippen LogP contribution in [0.15, 0.2) is 22.8 Å². The normalized spacial score (nSPS) is 25.7. The van der Waals surface area contributed by atoms with E-state index in [1.807, 2.05) is 0 Å². The predicted octanol–water partition coefficient (Wildman–Crippen LogP) is 4.15. The monoisotopic (exact) mass is 330 g/mol. The van der Waals surface area contributed by atoms with E-state index in [2.05, 4.69) is 28.8 Å². The molecule has 0 amide bonds. The lowest BCUT2D eigenvalue weighted by atomic mass is 9.74. The number of carbonyl (C=O) groups is 1. The Morgan fingerprint density at radius 2 is 2.04 bits per heavy atom. The first-order valence-corrected chi connectivity index (χ1v) is 8.97. The highest BCUT2D eigenvalue weighted by Gasteiger charge is 2.32. The highest BCUT2D eigenvalue weighted by molar-refractivity contribution is 5.98. The van der Waals surface area contributed by atoms with Crippen LogP contribution in [-0.2, 0) is 0 Å². The molecule has 1 N–H and O–H groups in total. The topological polar surface area (TPSA) is 76.2 Å². The van der Waals surface area contributed by atoms with Crippen LogP contribution < -0.4 is 0 Å². The van der Waals surface area contributed by atoms with Crippen molar-refractivity contribution in [1.82, 2.24) is 10.3 Å². The van der Waals surface area contributed by atoms with Gasteiger partial charge in [-0.15, -0.1) is 0 Å². The molecule has 0 aliphatic heterocycles. The van der Waals surface area contributed by atoms with Crippen molar-refractivity contribution in [3.63, 3.8) is 0 Å². The molecule has 1 fully saturated rings. The van der Waals surface area contributed by atoms with Crippen LogP contribution in [0.5, 0.6) is 0 Å². The number of Topliss-reactive ketones (excluding diaryl/α,β-unsaturated/α-hetero) is 1. The quantitative estimate of drug-likeness (QED) is 0.805. The van der Waals surface area contributed by atoms with Crippen molar-refractivity contribution in [3.05, 3.63) is 23.8 Å². The minimum Gasteiger partial charge on any atom is -0.390 e. The highest BCUT2D eigenvalue weighted by Crippen LogP contribution is 2.37. The fraction of sp³-hybridized carbons (Fsp3) is 0.632. The molecule has 0 radical (unpaired) electrons. The average molecular weight is 330 g/mol. The molecule has 0 spiro atoms. The van der Waals surface area contributed by atoms with E-state index >= 15 is 0 Å². The molecule has 24 heavy (non-hydrogen) atoms. The van der Waals surface area contributed by atoms with Crippen LogP contribution in [0, 0.1) is 11.8 Å². The van der Waals surface area contributed by atoms with Crippen molar-refractivity contribution in [2.45, 2.75) is 64.4 Å². The molecule has 3 rings (SSSR count). The Balaban J connectivity index is 1.53. The molecule has 130 valence electrons. The van der Waals surface area contributed by atoms with Crippen LogP contribution in [-0.4, -0.2) is 26.8 Å². The maximum Gasteiger partial charge on any atom is 0.163 e. The maximum absolute atomic E-state index is 12.5. The van der Waals surface area contributed by atoms with Gasteiger partial charge >= 0.3 is 0 Å². The number of fused-ring (bicyclic) bond motifs is 1. The van der Waals surface area contributed by atoms with Crippen LogP contribution >= 0.6 is 0 Å². The van der Waals surface area contributed by atoms with Gasteiger partial charge in [0.05, 0.1) is 5.60 Å². The molecule has 1 heterocycles. The van der Waals surface area contributed by atoms with Gasteiger partial charge in [-0.05, 0) is 78.9 Å². The third kappa shape index (κ3) is 3.83. The number of ketones is 1. The van der Waals surface area contributed by atoms with Crippen LogP contribution in [0.25, 0.3) is 11.0 Å². The highest BCUT2D eigenvalue weighted by atomic mass is 16.6. The molecule has 5 heteroatoms. The van der Waals surface area contributed by atoms with Gasteiger partial charge in [-0.3, -0.25) is 4.79 Å². The molecule has 0 bridgehead atoms. The van der Waals surface area contributed by atoms with Crippen LogP contribution in [0.4, 0.5) is 0 Å². The Hall–Kier alpha value is -1.75. The SMILES string of the molecule is CC[C@]1(O)CC[C@@H](CC(C)CC(=O)c2ccc3nonc3c2)CC1. The Morgan fingerprint density at radius 3 is 2.75 bits per heavy atom. The van der Waals surface area contributed by atoms with Gasteiger partial charge in [0.25, 0.3) is 0 Å². The van der Waals surface area contributed by atoms with Gasteiger partial charge in [0.15, 0.2) is 5.78 Å². The molecule has 1 aromatic heterocycles. The minimum absolute atomic E-state index is 0.147. The fourth-order valence-corrected chi connectivity index (χ4v) is 3.85. The Morgan fingerprint density at radius 1 is 1.33 bits per heavy atom. The van der Waals surface area contributed by atoms with Crippen LogP contribution in [0.1, 0.15) is 69.2 Å². The van der Waals surface area contributed by atoms with Crippen molar-refractivity contribution in [2.75, 3.05) is 0 Å². The summed E-state index contributed by atoms with van der Waals surface area (Å²) in [6, 6.07) is 5.32. The van der Waals surface area contributed by atoms with Crippen molar-refractivity contribution < 1.29 is 14.5 Å². The largest absolute Gasteiger partial charge is 0.390 e. The van der Waals surface area contributed by atoms with Crippen molar-refractivity contribution in [1.29, 1.82) is 0 Å². The zero-order chi connectivity index (χ0) is 17.2. The minimum atomic E-state index is -0.448. The first-order valence-electron chi connectivity index (χ1n) is 8.97. The Bertz CT molecular complexity index is 701. The number of benzene rings is 1. The second kappa shape index (κ2) is 7.01. The standard InChI is InChI=1S/C19H26N2O3/c1-3-19(23)8-6-14(7-9-19)10-13(2)11-18(22)15-4-5-16-17(12-15)21-24-20-16/h4-5,12-14,23H,3,6-11H2,1-2H3/t13?,14-,19+. The van der Waals surface area contributed by atoms with E-state index in [0.717, 1.165) is 38.5 Å². The van der Waals surface area contributed by atoms with E-state index < -0.39 is 5.60 Å². The molecule has 1 saturated carbocycles. The summed E-state index contributed by atoms with van der Waals surface area (Å²) in [7, 11) is 0. The molecule has 1 atom stereocenters. The third-order valence-electron chi connectivity index (χ3n) is 5.54. The molecule has 5 nitrogen and oxygen atoms in total. The number of carbonyl (C=O) groups excluding carboxylic acids is 1. The number of hydrogen-bond acceptors (Lipinski definition) is 5. The molecule has 0 saturated heterocycles. The number of aliphatic hydroxyl groups is 1. The van der Waals surface area contributed by atoms with Gasteiger partial charge in [-0.2, -0.15) is 0 Å². The molecule has 2 aromatic rings. The average Bonchev–Trinajstić information content (AvgIpc) is 3.04. The molecular formula is C19H26N2O3. The van der Waals surface area contributed by atoms with Gasteiger partial charge in [0, 0.05) is 12.0 Å². The summed E-state index contributed by atoms with van der Waals surface area (Å²) in [6.07, 6.45) is 6.37. The molecular weight excluding hydrogens is 304 g/mol. The van der Waals surface area contributed by atoms with E-state index in [4.69, 9.17) is 0 Å². The summed E-state index contributed by atoms with van der Waals surface area (Å²) in [4.78, 5) is 12.5. The summed E-state index contributed by atoms with van der Waals surface area (Å²) in [6.45, 7) is 4.21. The van der Waals surface area contributed by atoms with Gasteiger partial charge in [0.2, 0.25) is 0 Å². The van der Waals surface area contributed by atoms with Crippen LogP contribution in [0.2, 0.25) is 0 Å². The first-order chi connectivity index (χ1) is 11.5. The second-order valence-corrected chi connectivity index (χ2v) is 7.46.